The Morgan fingerprint density at radius 3 is 2.75 bits per heavy atom. The first-order valence-electron chi connectivity index (χ1n) is 7.88. The zero-order valence-corrected chi connectivity index (χ0v) is 15.3. The summed E-state index contributed by atoms with van der Waals surface area (Å²) in [5.41, 5.74) is 2.48. The van der Waals surface area contributed by atoms with Gasteiger partial charge in [0.25, 0.3) is 5.91 Å². The highest BCUT2D eigenvalue weighted by atomic mass is 35.5. The van der Waals surface area contributed by atoms with Crippen molar-refractivity contribution in [1.82, 2.24) is 9.88 Å². The molecule has 2 aromatic rings. The molecule has 24 heavy (non-hydrogen) atoms. The standard InChI is InChI=1S/C17H20ClN3O2S/c1-11-12(2)24-16(20-11)10-19-13-3-4-14(15(18)9-13)17(22)21-5-7-23-8-6-21/h3-4,9,19H,5-8,10H2,1-2H3. The van der Waals surface area contributed by atoms with Crippen molar-refractivity contribution in [1.29, 1.82) is 0 Å². The largest absolute Gasteiger partial charge is 0.378 e. The van der Waals surface area contributed by atoms with E-state index in [1.807, 2.05) is 13.0 Å². The van der Waals surface area contributed by atoms with Gasteiger partial charge in [-0.1, -0.05) is 11.6 Å². The molecule has 1 saturated heterocycles. The summed E-state index contributed by atoms with van der Waals surface area (Å²) in [4.78, 5) is 20.0. The summed E-state index contributed by atoms with van der Waals surface area (Å²) in [6.45, 7) is 7.10. The number of aryl methyl sites for hydroxylation is 2. The van der Waals surface area contributed by atoms with Crippen molar-refractivity contribution < 1.29 is 9.53 Å². The summed E-state index contributed by atoms with van der Waals surface area (Å²) in [7, 11) is 0. The minimum absolute atomic E-state index is 0.0407. The van der Waals surface area contributed by atoms with Crippen molar-refractivity contribution in [2.24, 2.45) is 0 Å². The van der Waals surface area contributed by atoms with Crippen LogP contribution in [0.5, 0.6) is 0 Å². The number of anilines is 1. The molecule has 1 fully saturated rings. The average molecular weight is 366 g/mol. The molecule has 5 nitrogen and oxygen atoms in total. The van der Waals surface area contributed by atoms with Crippen LogP contribution in [0.3, 0.4) is 0 Å². The Bertz CT molecular complexity index is 722. The van der Waals surface area contributed by atoms with E-state index in [0.29, 0.717) is 43.4 Å². The molecule has 1 aromatic carbocycles. The first kappa shape index (κ1) is 17.2. The monoisotopic (exact) mass is 365 g/mol. The van der Waals surface area contributed by atoms with Gasteiger partial charge in [0.15, 0.2) is 0 Å². The maximum absolute atomic E-state index is 12.5. The number of morpholine rings is 1. The first-order chi connectivity index (χ1) is 11.5. The highest BCUT2D eigenvalue weighted by Gasteiger charge is 2.20. The number of amides is 1. The zero-order chi connectivity index (χ0) is 17.1. The summed E-state index contributed by atoms with van der Waals surface area (Å²) in [5.74, 6) is -0.0407. The van der Waals surface area contributed by atoms with Crippen LogP contribution in [0.25, 0.3) is 0 Å². The molecular formula is C17H20ClN3O2S. The van der Waals surface area contributed by atoms with E-state index in [-0.39, 0.29) is 5.91 Å². The number of halogens is 1. The molecule has 1 aliphatic rings. The predicted molar refractivity (Wildman–Crippen MR) is 97.1 cm³/mol. The van der Waals surface area contributed by atoms with Gasteiger partial charge in [-0.25, -0.2) is 4.98 Å². The van der Waals surface area contributed by atoms with Crippen LogP contribution >= 0.6 is 22.9 Å². The molecule has 7 heteroatoms. The number of rotatable bonds is 4. The number of aromatic nitrogens is 1. The Balaban J connectivity index is 1.66. The van der Waals surface area contributed by atoms with E-state index in [4.69, 9.17) is 16.3 Å². The first-order valence-corrected chi connectivity index (χ1v) is 9.07. The molecule has 1 aromatic heterocycles. The Morgan fingerprint density at radius 1 is 1.38 bits per heavy atom. The van der Waals surface area contributed by atoms with Gasteiger partial charge in [0, 0.05) is 23.7 Å². The molecule has 1 aliphatic heterocycles. The molecule has 0 aliphatic carbocycles. The van der Waals surface area contributed by atoms with E-state index in [9.17, 15) is 4.79 Å². The molecular weight excluding hydrogens is 346 g/mol. The van der Waals surface area contributed by atoms with Gasteiger partial charge in [-0.15, -0.1) is 11.3 Å². The van der Waals surface area contributed by atoms with Gasteiger partial charge in [0.2, 0.25) is 0 Å². The lowest BCUT2D eigenvalue weighted by Crippen LogP contribution is -2.40. The number of nitrogens with zero attached hydrogens (tertiary/aromatic N) is 2. The molecule has 0 atom stereocenters. The van der Waals surface area contributed by atoms with Crippen LogP contribution in [0.2, 0.25) is 5.02 Å². The number of ether oxygens (including phenoxy) is 1. The minimum Gasteiger partial charge on any atom is -0.378 e. The highest BCUT2D eigenvalue weighted by molar-refractivity contribution is 7.11. The fraction of sp³-hybridized carbons (Fsp3) is 0.412. The van der Waals surface area contributed by atoms with Crippen molar-refractivity contribution in [2.75, 3.05) is 31.6 Å². The SMILES string of the molecule is Cc1nc(CNc2ccc(C(=O)N3CCOCC3)c(Cl)c2)sc1C. The Hall–Kier alpha value is -1.63. The van der Waals surface area contributed by atoms with E-state index in [1.54, 1.807) is 28.4 Å². The average Bonchev–Trinajstić information content (AvgIpc) is 2.91. The topological polar surface area (TPSA) is 54.5 Å². The molecule has 128 valence electrons. The van der Waals surface area contributed by atoms with Gasteiger partial charge in [-0.3, -0.25) is 4.79 Å². The lowest BCUT2D eigenvalue weighted by Gasteiger charge is -2.27. The second kappa shape index (κ2) is 7.51. The molecule has 0 radical (unpaired) electrons. The number of hydrogen-bond acceptors (Lipinski definition) is 5. The third-order valence-corrected chi connectivity index (χ3v) is 5.40. The van der Waals surface area contributed by atoms with Gasteiger partial charge in [-0.05, 0) is 32.0 Å². The molecule has 0 saturated carbocycles. The van der Waals surface area contributed by atoms with Crippen LogP contribution in [-0.4, -0.2) is 42.1 Å². The highest BCUT2D eigenvalue weighted by Crippen LogP contribution is 2.24. The normalized spacial score (nSPS) is 14.7. The fourth-order valence-corrected chi connectivity index (χ4v) is 3.66. The van der Waals surface area contributed by atoms with Gasteiger partial charge in [0.1, 0.15) is 5.01 Å². The lowest BCUT2D eigenvalue weighted by atomic mass is 10.1. The maximum atomic E-state index is 12.5. The van der Waals surface area contributed by atoms with Gasteiger partial charge < -0.3 is 15.0 Å². The smallest absolute Gasteiger partial charge is 0.255 e. The Morgan fingerprint density at radius 2 is 2.12 bits per heavy atom. The van der Waals surface area contributed by atoms with E-state index < -0.39 is 0 Å². The van der Waals surface area contributed by atoms with Crippen LogP contribution in [0.1, 0.15) is 25.9 Å². The van der Waals surface area contributed by atoms with Crippen molar-refractivity contribution in [3.8, 4) is 0 Å². The molecule has 1 amide bonds. The van der Waals surface area contributed by atoms with Crippen LogP contribution in [0, 0.1) is 13.8 Å². The number of hydrogen-bond donors (Lipinski definition) is 1. The summed E-state index contributed by atoms with van der Waals surface area (Å²) < 4.78 is 5.28. The van der Waals surface area contributed by atoms with Crippen LogP contribution in [-0.2, 0) is 11.3 Å². The van der Waals surface area contributed by atoms with Crippen LogP contribution in [0.15, 0.2) is 18.2 Å². The molecule has 2 heterocycles. The zero-order valence-electron chi connectivity index (χ0n) is 13.8. The maximum Gasteiger partial charge on any atom is 0.255 e. The van der Waals surface area contributed by atoms with Gasteiger partial charge in [-0.2, -0.15) is 0 Å². The van der Waals surface area contributed by atoms with E-state index >= 15 is 0 Å². The van der Waals surface area contributed by atoms with Gasteiger partial charge in [0.05, 0.1) is 36.0 Å². The summed E-state index contributed by atoms with van der Waals surface area (Å²) in [6, 6.07) is 5.45. The minimum atomic E-state index is -0.0407. The fourth-order valence-electron chi connectivity index (χ4n) is 2.53. The van der Waals surface area contributed by atoms with Crippen molar-refractivity contribution in [3.05, 3.63) is 44.4 Å². The summed E-state index contributed by atoms with van der Waals surface area (Å²) in [5, 5.41) is 4.80. The second-order valence-electron chi connectivity index (χ2n) is 5.70. The van der Waals surface area contributed by atoms with Crippen LogP contribution in [0.4, 0.5) is 5.69 Å². The van der Waals surface area contributed by atoms with E-state index in [0.717, 1.165) is 16.4 Å². The van der Waals surface area contributed by atoms with Crippen molar-refractivity contribution >= 4 is 34.5 Å². The quantitative estimate of drug-likeness (QED) is 0.901. The molecule has 3 rings (SSSR count). The van der Waals surface area contributed by atoms with Crippen molar-refractivity contribution in [3.63, 3.8) is 0 Å². The van der Waals surface area contributed by atoms with E-state index in [2.05, 4.69) is 17.2 Å². The molecule has 0 unspecified atom stereocenters. The predicted octanol–water partition coefficient (Wildman–Crippen LogP) is 3.50. The number of carbonyl (C=O) groups excluding carboxylic acids is 1. The third kappa shape index (κ3) is 3.88. The number of carbonyl (C=O) groups is 1. The number of nitrogens with one attached hydrogen (secondary N) is 1. The lowest BCUT2D eigenvalue weighted by molar-refractivity contribution is 0.0303. The van der Waals surface area contributed by atoms with Crippen molar-refractivity contribution in [2.45, 2.75) is 20.4 Å². The summed E-state index contributed by atoms with van der Waals surface area (Å²) in [6.07, 6.45) is 0. The molecule has 0 spiro atoms. The molecule has 1 N–H and O–H groups in total. The van der Waals surface area contributed by atoms with Gasteiger partial charge >= 0.3 is 0 Å². The molecule has 0 bridgehead atoms. The Labute approximate surface area is 150 Å². The number of thiazole rings is 1. The number of benzene rings is 1. The third-order valence-electron chi connectivity index (χ3n) is 4.01. The van der Waals surface area contributed by atoms with Crippen LogP contribution < -0.4 is 5.32 Å². The van der Waals surface area contributed by atoms with E-state index in [1.165, 1.54) is 4.88 Å². The second-order valence-corrected chi connectivity index (χ2v) is 7.40. The Kier molecular flexibility index (Phi) is 5.38. The summed E-state index contributed by atoms with van der Waals surface area (Å²) >= 11 is 8.01.